The highest BCUT2D eigenvalue weighted by atomic mass is 32.2. The molecule has 0 radical (unpaired) electrons. The van der Waals surface area contributed by atoms with Crippen molar-refractivity contribution in [3.8, 4) is 0 Å². The maximum absolute atomic E-state index is 11.3. The van der Waals surface area contributed by atoms with E-state index in [1.54, 1.807) is 6.92 Å². The zero-order chi connectivity index (χ0) is 12.0. The van der Waals surface area contributed by atoms with Gasteiger partial charge in [0, 0.05) is 18.4 Å². The first-order chi connectivity index (χ1) is 7.55. The topological polar surface area (TPSA) is 69.4 Å². The molecule has 1 saturated heterocycles. The lowest BCUT2D eigenvalue weighted by Crippen LogP contribution is -2.36. The first-order valence-corrected chi connectivity index (χ1v) is 7.91. The number of nitrogens with two attached hydrogens (primary N) is 1. The van der Waals surface area contributed by atoms with Gasteiger partial charge in [0.15, 0.2) is 0 Å². The van der Waals surface area contributed by atoms with E-state index in [1.165, 1.54) is 0 Å². The smallest absolute Gasteiger partial charge is 0.150 e. The molecule has 1 heterocycles. The van der Waals surface area contributed by atoms with Gasteiger partial charge in [-0.15, -0.1) is 0 Å². The SMILES string of the molecule is CCS(=O)(=O)CCCC(N)C1CCCOC1. The summed E-state index contributed by atoms with van der Waals surface area (Å²) in [5, 5.41) is 0. The van der Waals surface area contributed by atoms with E-state index in [0.29, 0.717) is 12.3 Å². The lowest BCUT2D eigenvalue weighted by molar-refractivity contribution is 0.0438. The number of sulfone groups is 1. The molecule has 4 nitrogen and oxygen atoms in total. The predicted molar refractivity (Wildman–Crippen MR) is 65.1 cm³/mol. The van der Waals surface area contributed by atoms with E-state index in [1.807, 2.05) is 0 Å². The van der Waals surface area contributed by atoms with Crippen LogP contribution in [0.15, 0.2) is 0 Å². The van der Waals surface area contributed by atoms with Crippen molar-refractivity contribution in [2.45, 2.75) is 38.6 Å². The van der Waals surface area contributed by atoms with Crippen molar-refractivity contribution in [3.63, 3.8) is 0 Å². The summed E-state index contributed by atoms with van der Waals surface area (Å²) >= 11 is 0. The predicted octanol–water partition coefficient (Wildman–Crippen LogP) is 0.955. The maximum atomic E-state index is 11.3. The van der Waals surface area contributed by atoms with Gasteiger partial charge in [-0.25, -0.2) is 8.42 Å². The molecule has 0 saturated carbocycles. The third-order valence-corrected chi connectivity index (χ3v) is 5.02. The Kier molecular flexibility index (Phi) is 5.72. The van der Waals surface area contributed by atoms with Gasteiger partial charge >= 0.3 is 0 Å². The molecule has 16 heavy (non-hydrogen) atoms. The van der Waals surface area contributed by atoms with Crippen LogP contribution in [0.25, 0.3) is 0 Å². The molecule has 2 N–H and O–H groups in total. The van der Waals surface area contributed by atoms with E-state index in [0.717, 1.165) is 32.5 Å². The van der Waals surface area contributed by atoms with E-state index in [4.69, 9.17) is 10.5 Å². The number of rotatable bonds is 6. The largest absolute Gasteiger partial charge is 0.381 e. The summed E-state index contributed by atoms with van der Waals surface area (Å²) in [6, 6.07) is 0.0901. The Balaban J connectivity index is 2.21. The normalized spacial score (nSPS) is 24.2. The highest BCUT2D eigenvalue weighted by Gasteiger charge is 2.21. The number of hydrogen-bond acceptors (Lipinski definition) is 4. The molecule has 0 bridgehead atoms. The van der Waals surface area contributed by atoms with Crippen molar-refractivity contribution in [1.29, 1.82) is 0 Å². The lowest BCUT2D eigenvalue weighted by atomic mass is 9.92. The monoisotopic (exact) mass is 249 g/mol. The van der Waals surface area contributed by atoms with Gasteiger partial charge in [0.2, 0.25) is 0 Å². The second-order valence-corrected chi connectivity index (χ2v) is 6.99. The minimum atomic E-state index is -2.83. The van der Waals surface area contributed by atoms with Crippen LogP contribution in [0.5, 0.6) is 0 Å². The third kappa shape index (κ3) is 4.80. The quantitative estimate of drug-likeness (QED) is 0.761. The molecule has 0 aromatic carbocycles. The van der Waals surface area contributed by atoms with E-state index >= 15 is 0 Å². The van der Waals surface area contributed by atoms with E-state index < -0.39 is 9.84 Å². The summed E-state index contributed by atoms with van der Waals surface area (Å²) in [7, 11) is -2.83. The fraction of sp³-hybridized carbons (Fsp3) is 1.00. The minimum Gasteiger partial charge on any atom is -0.381 e. The van der Waals surface area contributed by atoms with Crippen LogP contribution >= 0.6 is 0 Å². The molecule has 1 aliphatic rings. The molecule has 2 unspecified atom stereocenters. The third-order valence-electron chi connectivity index (χ3n) is 3.23. The van der Waals surface area contributed by atoms with Gasteiger partial charge in [-0.05, 0) is 31.6 Å². The molecule has 5 heteroatoms. The first kappa shape index (κ1) is 13.9. The summed E-state index contributed by atoms with van der Waals surface area (Å²) in [6.07, 6.45) is 3.65. The lowest BCUT2D eigenvalue weighted by Gasteiger charge is -2.27. The Morgan fingerprint density at radius 1 is 1.50 bits per heavy atom. The summed E-state index contributed by atoms with van der Waals surface area (Å²) in [4.78, 5) is 0. The summed E-state index contributed by atoms with van der Waals surface area (Å²) < 4.78 is 28.0. The molecule has 0 aromatic rings. The van der Waals surface area contributed by atoms with Gasteiger partial charge in [-0.1, -0.05) is 6.92 Å². The number of hydrogen-bond donors (Lipinski definition) is 1. The van der Waals surface area contributed by atoms with Gasteiger partial charge < -0.3 is 10.5 Å². The summed E-state index contributed by atoms with van der Waals surface area (Å²) in [5.41, 5.74) is 6.04. The highest BCUT2D eigenvalue weighted by molar-refractivity contribution is 7.91. The Morgan fingerprint density at radius 2 is 2.25 bits per heavy atom. The van der Waals surface area contributed by atoms with E-state index in [-0.39, 0.29) is 17.5 Å². The fourth-order valence-corrected chi connectivity index (χ4v) is 2.92. The highest BCUT2D eigenvalue weighted by Crippen LogP contribution is 2.19. The second kappa shape index (κ2) is 6.57. The first-order valence-electron chi connectivity index (χ1n) is 6.09. The molecule has 96 valence electrons. The van der Waals surface area contributed by atoms with Gasteiger partial charge in [0.05, 0.1) is 12.4 Å². The number of ether oxygens (including phenoxy) is 1. The molecule has 0 aliphatic carbocycles. The summed E-state index contributed by atoms with van der Waals surface area (Å²) in [6.45, 7) is 3.26. The van der Waals surface area contributed by atoms with Crippen molar-refractivity contribution < 1.29 is 13.2 Å². The molecule has 1 rings (SSSR count). The zero-order valence-electron chi connectivity index (χ0n) is 10.0. The zero-order valence-corrected chi connectivity index (χ0v) is 10.8. The standard InChI is InChI=1S/C11H23NO3S/c1-2-16(13,14)8-4-6-11(12)10-5-3-7-15-9-10/h10-11H,2-9,12H2,1H3. The maximum Gasteiger partial charge on any atom is 0.150 e. The van der Waals surface area contributed by atoms with Crippen LogP contribution < -0.4 is 5.73 Å². The molecular weight excluding hydrogens is 226 g/mol. The van der Waals surface area contributed by atoms with Crippen molar-refractivity contribution >= 4 is 9.84 Å². The molecule has 1 aliphatic heterocycles. The van der Waals surface area contributed by atoms with Crippen molar-refractivity contribution in [1.82, 2.24) is 0 Å². The van der Waals surface area contributed by atoms with Crippen LogP contribution in [0, 0.1) is 5.92 Å². The van der Waals surface area contributed by atoms with Gasteiger partial charge in [0.1, 0.15) is 9.84 Å². The van der Waals surface area contributed by atoms with Crippen LogP contribution in [0.4, 0.5) is 0 Å². The minimum absolute atomic E-state index is 0.0901. The summed E-state index contributed by atoms with van der Waals surface area (Å²) in [5.74, 6) is 0.914. The Hall–Kier alpha value is -0.130. The Bertz CT molecular complexity index is 284. The van der Waals surface area contributed by atoms with Crippen LogP contribution in [0.3, 0.4) is 0 Å². The van der Waals surface area contributed by atoms with Crippen LogP contribution in [0.2, 0.25) is 0 Å². The molecule has 2 atom stereocenters. The molecule has 0 spiro atoms. The van der Waals surface area contributed by atoms with Crippen LogP contribution in [-0.2, 0) is 14.6 Å². The van der Waals surface area contributed by atoms with Crippen molar-refractivity contribution in [2.24, 2.45) is 11.7 Å². The second-order valence-electron chi connectivity index (χ2n) is 4.52. The molecular formula is C11H23NO3S. The molecule has 0 aromatic heterocycles. The van der Waals surface area contributed by atoms with Crippen molar-refractivity contribution in [2.75, 3.05) is 24.7 Å². The average Bonchev–Trinajstić information content (AvgIpc) is 2.30. The Morgan fingerprint density at radius 3 is 2.81 bits per heavy atom. The van der Waals surface area contributed by atoms with Gasteiger partial charge in [-0.2, -0.15) is 0 Å². The van der Waals surface area contributed by atoms with Crippen LogP contribution in [-0.4, -0.2) is 39.2 Å². The van der Waals surface area contributed by atoms with Gasteiger partial charge in [0.25, 0.3) is 0 Å². The van der Waals surface area contributed by atoms with Gasteiger partial charge in [-0.3, -0.25) is 0 Å². The van der Waals surface area contributed by atoms with E-state index in [2.05, 4.69) is 0 Å². The Labute approximate surface area is 98.5 Å². The van der Waals surface area contributed by atoms with Crippen LogP contribution in [0.1, 0.15) is 32.6 Å². The average molecular weight is 249 g/mol. The van der Waals surface area contributed by atoms with Crippen molar-refractivity contribution in [3.05, 3.63) is 0 Å². The molecule has 1 fully saturated rings. The molecule has 0 amide bonds. The fourth-order valence-electron chi connectivity index (χ4n) is 2.02. The van der Waals surface area contributed by atoms with E-state index in [9.17, 15) is 8.42 Å².